The predicted octanol–water partition coefficient (Wildman–Crippen LogP) is 2.07. The molecule has 132 valence electrons. The topological polar surface area (TPSA) is 61.4 Å². The highest BCUT2D eigenvalue weighted by molar-refractivity contribution is 5.89. The summed E-state index contributed by atoms with van der Waals surface area (Å²) in [5.74, 6) is -0.205. The maximum Gasteiger partial charge on any atom is 0.242 e. The molecule has 2 N–H and O–H groups in total. The molecule has 2 amide bonds. The van der Waals surface area contributed by atoms with Gasteiger partial charge in [-0.05, 0) is 52.6 Å². The molecule has 0 radical (unpaired) electrons. The van der Waals surface area contributed by atoms with Gasteiger partial charge >= 0.3 is 0 Å². The van der Waals surface area contributed by atoms with Gasteiger partial charge in [-0.3, -0.25) is 14.5 Å². The average molecular weight is 331 g/mol. The minimum Gasteiger partial charge on any atom is -0.350 e. The molecule has 0 aromatic heterocycles. The Morgan fingerprint density at radius 3 is 2.54 bits per heavy atom. The number of carbonyl (C=O) groups excluding carboxylic acids is 2. The van der Waals surface area contributed by atoms with Gasteiger partial charge in [-0.15, -0.1) is 0 Å². The van der Waals surface area contributed by atoms with Gasteiger partial charge in [0, 0.05) is 12.1 Å². The van der Waals surface area contributed by atoms with Crippen LogP contribution in [0, 0.1) is 0 Å². The van der Waals surface area contributed by atoms with Gasteiger partial charge in [0.25, 0.3) is 0 Å². The van der Waals surface area contributed by atoms with E-state index in [9.17, 15) is 9.59 Å². The summed E-state index contributed by atoms with van der Waals surface area (Å²) in [6, 6.07) is 9.48. The first-order chi connectivity index (χ1) is 11.3. The summed E-state index contributed by atoms with van der Waals surface area (Å²) < 4.78 is 0. The number of nitrogens with zero attached hydrogens (tertiary/aromatic N) is 1. The Kier molecular flexibility index (Phi) is 5.99. The van der Waals surface area contributed by atoms with Crippen LogP contribution in [0.5, 0.6) is 0 Å². The first kappa shape index (κ1) is 18.5. The zero-order chi connectivity index (χ0) is 17.7. The predicted molar refractivity (Wildman–Crippen MR) is 95.4 cm³/mol. The third kappa shape index (κ3) is 5.34. The third-order valence-corrected chi connectivity index (χ3v) is 4.15. The van der Waals surface area contributed by atoms with Crippen LogP contribution < -0.4 is 10.6 Å². The van der Waals surface area contributed by atoms with Crippen LogP contribution in [0.1, 0.15) is 46.1 Å². The molecule has 1 aliphatic rings. The fourth-order valence-electron chi connectivity index (χ4n) is 2.98. The number of hydrogen-bond acceptors (Lipinski definition) is 3. The van der Waals surface area contributed by atoms with Crippen LogP contribution in [0.15, 0.2) is 30.3 Å². The van der Waals surface area contributed by atoms with E-state index < -0.39 is 6.04 Å². The Morgan fingerprint density at radius 1 is 1.25 bits per heavy atom. The summed E-state index contributed by atoms with van der Waals surface area (Å²) in [4.78, 5) is 26.9. The Hall–Kier alpha value is -1.88. The monoisotopic (exact) mass is 331 g/mol. The highest BCUT2D eigenvalue weighted by Gasteiger charge is 2.32. The summed E-state index contributed by atoms with van der Waals surface area (Å²) >= 11 is 0. The number of hydrogen-bond donors (Lipinski definition) is 2. The normalized spacial score (nSPS) is 19.8. The summed E-state index contributed by atoms with van der Waals surface area (Å²) in [6.45, 7) is 9.19. The lowest BCUT2D eigenvalue weighted by atomic mass is 10.1. The van der Waals surface area contributed by atoms with Crippen molar-refractivity contribution in [2.24, 2.45) is 0 Å². The Bertz CT molecular complexity index is 566. The van der Waals surface area contributed by atoms with E-state index in [2.05, 4.69) is 27.7 Å². The molecule has 1 fully saturated rings. The van der Waals surface area contributed by atoms with Gasteiger partial charge in [0.1, 0.15) is 6.04 Å². The van der Waals surface area contributed by atoms with Crippen molar-refractivity contribution in [1.82, 2.24) is 15.5 Å². The van der Waals surface area contributed by atoms with Crippen molar-refractivity contribution >= 4 is 11.8 Å². The van der Waals surface area contributed by atoms with E-state index in [1.807, 2.05) is 39.0 Å². The van der Waals surface area contributed by atoms with Gasteiger partial charge in [0.05, 0.1) is 6.04 Å². The van der Waals surface area contributed by atoms with Crippen molar-refractivity contribution < 1.29 is 9.59 Å². The minimum absolute atomic E-state index is 0.0556. The summed E-state index contributed by atoms with van der Waals surface area (Å²) in [7, 11) is 0. The van der Waals surface area contributed by atoms with E-state index in [4.69, 9.17) is 0 Å². The summed E-state index contributed by atoms with van der Waals surface area (Å²) in [5.41, 5.74) is 0.902. The highest BCUT2D eigenvalue weighted by Crippen LogP contribution is 2.20. The van der Waals surface area contributed by atoms with E-state index in [0.29, 0.717) is 0 Å². The SMILES string of the molecule is CC(NC(=O)C1CCCN1Cc1ccccc1)C(=O)NC(C)(C)C. The van der Waals surface area contributed by atoms with E-state index in [-0.39, 0.29) is 23.4 Å². The average Bonchev–Trinajstić information content (AvgIpc) is 2.94. The first-order valence-corrected chi connectivity index (χ1v) is 8.66. The van der Waals surface area contributed by atoms with Gasteiger partial charge in [-0.25, -0.2) is 0 Å². The van der Waals surface area contributed by atoms with Crippen LogP contribution in [0.4, 0.5) is 0 Å². The smallest absolute Gasteiger partial charge is 0.242 e. The fourth-order valence-corrected chi connectivity index (χ4v) is 2.98. The maximum absolute atomic E-state index is 12.6. The Labute approximate surface area is 144 Å². The van der Waals surface area contributed by atoms with Crippen LogP contribution in [0.3, 0.4) is 0 Å². The van der Waals surface area contributed by atoms with E-state index >= 15 is 0 Å². The van der Waals surface area contributed by atoms with Gasteiger partial charge in [0.15, 0.2) is 0 Å². The molecule has 5 nitrogen and oxygen atoms in total. The quantitative estimate of drug-likeness (QED) is 0.868. The lowest BCUT2D eigenvalue weighted by Crippen LogP contribution is -2.53. The standard InChI is InChI=1S/C19H29N3O2/c1-14(17(23)21-19(2,3)4)20-18(24)16-11-8-12-22(16)13-15-9-6-5-7-10-15/h5-7,9-10,14,16H,8,11-13H2,1-4H3,(H,20,24)(H,21,23). The molecule has 0 bridgehead atoms. The third-order valence-electron chi connectivity index (χ3n) is 4.15. The lowest BCUT2D eigenvalue weighted by molar-refractivity contribution is -0.131. The van der Waals surface area contributed by atoms with E-state index in [1.165, 1.54) is 5.56 Å². The van der Waals surface area contributed by atoms with Gasteiger partial charge < -0.3 is 10.6 Å². The minimum atomic E-state index is -0.532. The van der Waals surface area contributed by atoms with E-state index in [1.54, 1.807) is 6.92 Å². The lowest BCUT2D eigenvalue weighted by Gasteiger charge is -2.27. The second kappa shape index (κ2) is 7.79. The Balaban J connectivity index is 1.92. The summed E-state index contributed by atoms with van der Waals surface area (Å²) in [6.07, 6.45) is 1.85. The van der Waals surface area contributed by atoms with Crippen molar-refractivity contribution in [3.05, 3.63) is 35.9 Å². The molecule has 0 aliphatic carbocycles. The van der Waals surface area contributed by atoms with Crippen LogP contribution in [-0.2, 0) is 16.1 Å². The zero-order valence-corrected chi connectivity index (χ0v) is 15.1. The maximum atomic E-state index is 12.6. The number of benzene rings is 1. The van der Waals surface area contributed by atoms with Gasteiger partial charge in [-0.2, -0.15) is 0 Å². The molecule has 1 heterocycles. The largest absolute Gasteiger partial charge is 0.350 e. The molecule has 24 heavy (non-hydrogen) atoms. The van der Waals surface area contributed by atoms with Crippen LogP contribution in [0.25, 0.3) is 0 Å². The molecule has 2 unspecified atom stereocenters. The Morgan fingerprint density at radius 2 is 1.92 bits per heavy atom. The van der Waals surface area contributed by atoms with Crippen LogP contribution >= 0.6 is 0 Å². The number of amides is 2. The van der Waals surface area contributed by atoms with Crippen molar-refractivity contribution in [2.45, 2.75) is 64.7 Å². The van der Waals surface area contributed by atoms with Gasteiger partial charge in [0.2, 0.25) is 11.8 Å². The molecule has 5 heteroatoms. The second-order valence-electron chi connectivity index (χ2n) is 7.58. The number of nitrogens with one attached hydrogen (secondary N) is 2. The molecular formula is C19H29N3O2. The molecular weight excluding hydrogens is 302 g/mol. The molecule has 1 aromatic rings. The van der Waals surface area contributed by atoms with Gasteiger partial charge in [-0.1, -0.05) is 30.3 Å². The molecule has 1 aliphatic heterocycles. The number of rotatable bonds is 5. The molecule has 0 saturated carbocycles. The van der Waals surface area contributed by atoms with Crippen molar-refractivity contribution in [3.8, 4) is 0 Å². The number of likely N-dealkylation sites (tertiary alicyclic amines) is 1. The van der Waals surface area contributed by atoms with E-state index in [0.717, 1.165) is 25.9 Å². The fraction of sp³-hybridized carbons (Fsp3) is 0.579. The molecule has 0 spiro atoms. The zero-order valence-electron chi connectivity index (χ0n) is 15.1. The van der Waals surface area contributed by atoms with Crippen LogP contribution in [0.2, 0.25) is 0 Å². The van der Waals surface area contributed by atoms with Crippen molar-refractivity contribution in [3.63, 3.8) is 0 Å². The number of carbonyl (C=O) groups is 2. The van der Waals surface area contributed by atoms with Crippen LogP contribution in [-0.4, -0.2) is 40.9 Å². The molecule has 2 rings (SSSR count). The first-order valence-electron chi connectivity index (χ1n) is 8.66. The van der Waals surface area contributed by atoms with Crippen molar-refractivity contribution in [2.75, 3.05) is 6.54 Å². The molecule has 1 saturated heterocycles. The second-order valence-corrected chi connectivity index (χ2v) is 7.58. The van der Waals surface area contributed by atoms with Crippen molar-refractivity contribution in [1.29, 1.82) is 0 Å². The molecule has 2 atom stereocenters. The highest BCUT2D eigenvalue weighted by atomic mass is 16.2. The summed E-state index contributed by atoms with van der Waals surface area (Å²) in [5, 5.41) is 5.77. The molecule has 1 aromatic carbocycles.